The van der Waals surface area contributed by atoms with Crippen molar-refractivity contribution < 1.29 is 12.8 Å². The standard InChI is InChI=1S/C17H20FNO2S/c1-13-12-16(10-11-17(13)18)22(20,21)19-14(2)8-9-15-6-4-3-5-7-15/h3-7,10-12,14,19H,8-9H2,1-2H3/t14-/m0/s1. The predicted octanol–water partition coefficient (Wildman–Crippen LogP) is 3.43. The van der Waals surface area contributed by atoms with Crippen LogP contribution in [0.2, 0.25) is 0 Å². The first-order chi connectivity index (χ1) is 10.4. The van der Waals surface area contributed by atoms with E-state index in [1.54, 1.807) is 6.92 Å². The third-order valence-corrected chi connectivity index (χ3v) is 5.09. The normalized spacial score (nSPS) is 13.0. The molecule has 0 amide bonds. The third-order valence-electron chi connectivity index (χ3n) is 3.50. The van der Waals surface area contributed by atoms with Crippen LogP contribution in [-0.2, 0) is 16.4 Å². The molecule has 0 saturated heterocycles. The minimum atomic E-state index is -3.62. The lowest BCUT2D eigenvalue weighted by molar-refractivity contribution is 0.546. The number of rotatable bonds is 6. The molecule has 1 N–H and O–H groups in total. The molecule has 0 aromatic heterocycles. The zero-order chi connectivity index (χ0) is 16.2. The number of aryl methyl sites for hydroxylation is 2. The molecule has 0 radical (unpaired) electrons. The molecule has 22 heavy (non-hydrogen) atoms. The van der Waals surface area contributed by atoms with Crippen molar-refractivity contribution >= 4 is 10.0 Å². The topological polar surface area (TPSA) is 46.2 Å². The first kappa shape index (κ1) is 16.6. The van der Waals surface area contributed by atoms with Crippen molar-refractivity contribution in [3.63, 3.8) is 0 Å². The molecule has 0 aliphatic rings. The molecule has 0 unspecified atom stereocenters. The molecule has 0 aliphatic heterocycles. The van der Waals surface area contributed by atoms with Crippen LogP contribution in [0.3, 0.4) is 0 Å². The second-order valence-electron chi connectivity index (χ2n) is 5.46. The van der Waals surface area contributed by atoms with Gasteiger partial charge < -0.3 is 0 Å². The van der Waals surface area contributed by atoms with Gasteiger partial charge in [-0.05, 0) is 56.0 Å². The number of halogens is 1. The van der Waals surface area contributed by atoms with Gasteiger partial charge in [0, 0.05) is 6.04 Å². The molecular formula is C17H20FNO2S. The third kappa shape index (κ3) is 4.39. The van der Waals surface area contributed by atoms with E-state index in [1.165, 1.54) is 23.8 Å². The predicted molar refractivity (Wildman–Crippen MR) is 85.7 cm³/mol. The van der Waals surface area contributed by atoms with Crippen LogP contribution in [-0.4, -0.2) is 14.5 Å². The van der Waals surface area contributed by atoms with Crippen LogP contribution in [0.5, 0.6) is 0 Å². The molecule has 0 spiro atoms. The quantitative estimate of drug-likeness (QED) is 0.886. The highest BCUT2D eigenvalue weighted by Gasteiger charge is 2.18. The summed E-state index contributed by atoms with van der Waals surface area (Å²) < 4.78 is 40.4. The zero-order valence-electron chi connectivity index (χ0n) is 12.7. The van der Waals surface area contributed by atoms with Crippen LogP contribution in [0, 0.1) is 12.7 Å². The lowest BCUT2D eigenvalue weighted by Crippen LogP contribution is -2.33. The Balaban J connectivity index is 2.00. The lowest BCUT2D eigenvalue weighted by Gasteiger charge is -2.14. The van der Waals surface area contributed by atoms with Gasteiger partial charge in [-0.2, -0.15) is 0 Å². The van der Waals surface area contributed by atoms with Gasteiger partial charge in [0.05, 0.1) is 4.90 Å². The fourth-order valence-electron chi connectivity index (χ4n) is 2.20. The van der Waals surface area contributed by atoms with Crippen LogP contribution in [0.4, 0.5) is 4.39 Å². The maximum absolute atomic E-state index is 13.2. The summed E-state index contributed by atoms with van der Waals surface area (Å²) in [7, 11) is -3.62. The van der Waals surface area contributed by atoms with Crippen LogP contribution >= 0.6 is 0 Å². The molecule has 1 atom stereocenters. The lowest BCUT2D eigenvalue weighted by atomic mass is 10.1. The highest BCUT2D eigenvalue weighted by molar-refractivity contribution is 7.89. The van der Waals surface area contributed by atoms with Gasteiger partial charge in [-0.25, -0.2) is 17.5 Å². The van der Waals surface area contributed by atoms with Crippen molar-refractivity contribution in [3.8, 4) is 0 Å². The van der Waals surface area contributed by atoms with Gasteiger partial charge in [-0.15, -0.1) is 0 Å². The molecule has 2 aromatic carbocycles. The van der Waals surface area contributed by atoms with E-state index < -0.39 is 15.8 Å². The second kappa shape index (κ2) is 7.03. The molecule has 5 heteroatoms. The number of hydrogen-bond acceptors (Lipinski definition) is 2. The Bertz CT molecular complexity index is 730. The van der Waals surface area contributed by atoms with E-state index in [-0.39, 0.29) is 10.9 Å². The summed E-state index contributed by atoms with van der Waals surface area (Å²) in [5.74, 6) is -0.406. The fraction of sp³-hybridized carbons (Fsp3) is 0.294. The van der Waals surface area contributed by atoms with Crippen LogP contribution in [0.25, 0.3) is 0 Å². The van der Waals surface area contributed by atoms with E-state index in [1.807, 2.05) is 37.3 Å². The SMILES string of the molecule is Cc1cc(S(=O)(=O)N[C@@H](C)CCc2ccccc2)ccc1F. The molecule has 0 aliphatic carbocycles. The fourth-order valence-corrected chi connectivity index (χ4v) is 3.57. The summed E-state index contributed by atoms with van der Waals surface area (Å²) in [6, 6.07) is 13.5. The van der Waals surface area contributed by atoms with Crippen molar-refractivity contribution in [2.75, 3.05) is 0 Å². The van der Waals surface area contributed by atoms with Gasteiger partial charge in [0.1, 0.15) is 5.82 Å². The molecule has 3 nitrogen and oxygen atoms in total. The Labute approximate surface area is 131 Å². The molecule has 0 bridgehead atoms. The summed E-state index contributed by atoms with van der Waals surface area (Å²) in [5.41, 5.74) is 1.49. The second-order valence-corrected chi connectivity index (χ2v) is 7.17. The first-order valence-corrected chi connectivity index (χ1v) is 8.69. The van der Waals surface area contributed by atoms with Crippen LogP contribution < -0.4 is 4.72 Å². The van der Waals surface area contributed by atoms with E-state index in [2.05, 4.69) is 4.72 Å². The number of nitrogens with one attached hydrogen (secondary N) is 1. The summed E-state index contributed by atoms with van der Waals surface area (Å²) in [6.07, 6.45) is 1.50. The molecule has 0 heterocycles. The summed E-state index contributed by atoms with van der Waals surface area (Å²) in [5, 5.41) is 0. The highest BCUT2D eigenvalue weighted by atomic mass is 32.2. The Morgan fingerprint density at radius 2 is 1.82 bits per heavy atom. The van der Waals surface area contributed by atoms with Crippen LogP contribution in [0.15, 0.2) is 53.4 Å². The summed E-state index contributed by atoms with van der Waals surface area (Å²) >= 11 is 0. The Morgan fingerprint density at radius 1 is 1.14 bits per heavy atom. The van der Waals surface area contributed by atoms with Crippen molar-refractivity contribution in [1.29, 1.82) is 0 Å². The number of hydrogen-bond donors (Lipinski definition) is 1. The highest BCUT2D eigenvalue weighted by Crippen LogP contribution is 2.15. The van der Waals surface area contributed by atoms with E-state index in [0.717, 1.165) is 6.42 Å². The Morgan fingerprint density at radius 3 is 2.45 bits per heavy atom. The van der Waals surface area contributed by atoms with E-state index in [9.17, 15) is 12.8 Å². The molecule has 0 fully saturated rings. The number of benzene rings is 2. The minimum absolute atomic E-state index is 0.0953. The zero-order valence-corrected chi connectivity index (χ0v) is 13.5. The van der Waals surface area contributed by atoms with Crippen molar-refractivity contribution in [2.45, 2.75) is 37.6 Å². The molecular weight excluding hydrogens is 301 g/mol. The summed E-state index contributed by atoms with van der Waals surface area (Å²) in [4.78, 5) is 0.0953. The van der Waals surface area contributed by atoms with Gasteiger partial charge in [-0.1, -0.05) is 30.3 Å². The molecule has 0 saturated carbocycles. The van der Waals surface area contributed by atoms with E-state index in [4.69, 9.17) is 0 Å². The molecule has 2 rings (SSSR count). The van der Waals surface area contributed by atoms with Crippen LogP contribution in [0.1, 0.15) is 24.5 Å². The van der Waals surface area contributed by atoms with Gasteiger partial charge in [0.2, 0.25) is 10.0 Å². The Kier molecular flexibility index (Phi) is 5.32. The molecule has 118 valence electrons. The van der Waals surface area contributed by atoms with E-state index in [0.29, 0.717) is 12.0 Å². The Hall–Kier alpha value is -1.72. The van der Waals surface area contributed by atoms with Gasteiger partial charge in [0.25, 0.3) is 0 Å². The van der Waals surface area contributed by atoms with Crippen molar-refractivity contribution in [3.05, 3.63) is 65.5 Å². The average Bonchev–Trinajstić information content (AvgIpc) is 2.48. The largest absolute Gasteiger partial charge is 0.240 e. The number of sulfonamides is 1. The van der Waals surface area contributed by atoms with Gasteiger partial charge in [0.15, 0.2) is 0 Å². The summed E-state index contributed by atoms with van der Waals surface area (Å²) in [6.45, 7) is 3.38. The molecule has 2 aromatic rings. The maximum Gasteiger partial charge on any atom is 0.240 e. The minimum Gasteiger partial charge on any atom is -0.208 e. The monoisotopic (exact) mass is 321 g/mol. The maximum atomic E-state index is 13.2. The van der Waals surface area contributed by atoms with E-state index >= 15 is 0 Å². The van der Waals surface area contributed by atoms with Crippen molar-refractivity contribution in [1.82, 2.24) is 4.72 Å². The average molecular weight is 321 g/mol. The smallest absolute Gasteiger partial charge is 0.208 e. The van der Waals surface area contributed by atoms with Gasteiger partial charge in [-0.3, -0.25) is 0 Å². The first-order valence-electron chi connectivity index (χ1n) is 7.21. The van der Waals surface area contributed by atoms with Gasteiger partial charge >= 0.3 is 0 Å². The van der Waals surface area contributed by atoms with Crippen molar-refractivity contribution in [2.24, 2.45) is 0 Å².